The summed E-state index contributed by atoms with van der Waals surface area (Å²) in [6.07, 6.45) is 0.829. The van der Waals surface area contributed by atoms with Crippen LogP contribution in [0.5, 0.6) is 0 Å². The van der Waals surface area contributed by atoms with Gasteiger partial charge in [-0.2, -0.15) is 0 Å². The highest BCUT2D eigenvalue weighted by molar-refractivity contribution is 9.10. The van der Waals surface area contributed by atoms with E-state index in [2.05, 4.69) is 26.2 Å². The van der Waals surface area contributed by atoms with Gasteiger partial charge in [0.05, 0.1) is 23.1 Å². The number of amides is 1. The van der Waals surface area contributed by atoms with Gasteiger partial charge in [-0.3, -0.25) is 9.59 Å². The number of hydrogen-bond donors (Lipinski definition) is 2. The van der Waals surface area contributed by atoms with Gasteiger partial charge in [-0.15, -0.1) is 0 Å². The molecule has 0 saturated carbocycles. The molecule has 1 aromatic heterocycles. The van der Waals surface area contributed by atoms with Gasteiger partial charge in [-0.1, -0.05) is 64.5 Å². The molecule has 1 amide bonds. The Balaban J connectivity index is 1.56. The lowest BCUT2D eigenvalue weighted by molar-refractivity contribution is -0.115. The first-order chi connectivity index (χ1) is 16.0. The van der Waals surface area contributed by atoms with Crippen LogP contribution in [0.4, 0.5) is 5.82 Å². The summed E-state index contributed by atoms with van der Waals surface area (Å²) in [6, 6.07) is 26.4. The molecule has 0 unspecified atom stereocenters. The van der Waals surface area contributed by atoms with E-state index < -0.39 is 0 Å². The third kappa shape index (κ3) is 4.71. The maximum absolute atomic E-state index is 12.8. The van der Waals surface area contributed by atoms with E-state index in [0.717, 1.165) is 43.1 Å². The number of benzene rings is 4. The Kier molecular flexibility index (Phi) is 5.75. The molecule has 0 radical (unpaired) electrons. The van der Waals surface area contributed by atoms with Crippen LogP contribution in [0.1, 0.15) is 16.8 Å². The number of aromatic amines is 1. The predicted molar refractivity (Wildman–Crippen MR) is 136 cm³/mol. The summed E-state index contributed by atoms with van der Waals surface area (Å²) < 4.78 is 0.971. The molecule has 0 saturated heterocycles. The highest BCUT2D eigenvalue weighted by Gasteiger charge is 2.14. The van der Waals surface area contributed by atoms with E-state index in [9.17, 15) is 9.59 Å². The largest absolute Gasteiger partial charge is 0.353 e. The topological polar surface area (TPSA) is 74.8 Å². The van der Waals surface area contributed by atoms with Crippen LogP contribution >= 0.6 is 15.9 Å². The molecule has 6 heteroatoms. The molecule has 5 aromatic rings. The fourth-order valence-electron chi connectivity index (χ4n) is 3.91. The average Bonchev–Trinajstić information content (AvgIpc) is 2.81. The molecule has 33 heavy (non-hydrogen) atoms. The zero-order valence-electron chi connectivity index (χ0n) is 17.6. The molecule has 0 aliphatic rings. The van der Waals surface area contributed by atoms with Crippen LogP contribution in [0, 0.1) is 0 Å². The highest BCUT2D eigenvalue weighted by atomic mass is 79.9. The first-order valence-electron chi connectivity index (χ1n) is 10.6. The van der Waals surface area contributed by atoms with Gasteiger partial charge in [0.1, 0.15) is 0 Å². The Morgan fingerprint density at radius 1 is 0.909 bits per heavy atom. The first kappa shape index (κ1) is 21.1. The third-order valence-electron chi connectivity index (χ3n) is 5.52. The zero-order valence-corrected chi connectivity index (χ0v) is 19.2. The van der Waals surface area contributed by atoms with Crippen molar-refractivity contribution in [2.24, 2.45) is 0 Å². The monoisotopic (exact) mass is 497 g/mol. The molecule has 0 atom stereocenters. The molecule has 0 bridgehead atoms. The smallest absolute Gasteiger partial charge is 0.229 e. The Morgan fingerprint density at radius 2 is 1.70 bits per heavy atom. The second kappa shape index (κ2) is 9.00. The van der Waals surface area contributed by atoms with E-state index in [1.807, 2.05) is 72.8 Å². The molecule has 5 rings (SSSR count). The number of fused-ring (bicyclic) bond motifs is 3. The lowest BCUT2D eigenvalue weighted by Gasteiger charge is -2.14. The molecule has 4 aromatic carbocycles. The van der Waals surface area contributed by atoms with Crippen LogP contribution in [0.25, 0.3) is 21.8 Å². The average molecular weight is 498 g/mol. The minimum atomic E-state index is -0.135. The highest BCUT2D eigenvalue weighted by Crippen LogP contribution is 2.26. The van der Waals surface area contributed by atoms with Gasteiger partial charge in [0.15, 0.2) is 11.2 Å². The van der Waals surface area contributed by atoms with Gasteiger partial charge in [-0.05, 0) is 52.9 Å². The molecule has 2 N–H and O–H groups in total. The maximum Gasteiger partial charge on any atom is 0.229 e. The van der Waals surface area contributed by atoms with Crippen molar-refractivity contribution < 1.29 is 4.79 Å². The number of carbonyl (C=O) groups is 1. The SMILES string of the molecule is O=C(Cc1ccc(Br)cc1)Nc1nc2ccc3cc(=O)ccc3c2[nH]c1Cc1ccccc1. The van der Waals surface area contributed by atoms with Crippen molar-refractivity contribution in [1.82, 2.24) is 9.97 Å². The zero-order chi connectivity index (χ0) is 22.8. The van der Waals surface area contributed by atoms with Crippen LogP contribution in [-0.2, 0) is 17.6 Å². The first-order valence-corrected chi connectivity index (χ1v) is 11.4. The summed E-state index contributed by atoms with van der Waals surface area (Å²) in [5.74, 6) is 0.372. The van der Waals surface area contributed by atoms with Gasteiger partial charge < -0.3 is 10.3 Å². The summed E-state index contributed by atoms with van der Waals surface area (Å²) in [5, 5.41) is 4.77. The number of aromatic nitrogens is 2. The van der Waals surface area contributed by atoms with Crippen LogP contribution in [0.2, 0.25) is 0 Å². The molecular formula is C27H20BrN3O2. The van der Waals surface area contributed by atoms with E-state index in [4.69, 9.17) is 4.98 Å². The van der Waals surface area contributed by atoms with Crippen molar-refractivity contribution in [2.75, 3.05) is 5.32 Å². The number of rotatable bonds is 5. The van der Waals surface area contributed by atoms with Gasteiger partial charge in [0, 0.05) is 16.3 Å². The van der Waals surface area contributed by atoms with Gasteiger partial charge in [0.2, 0.25) is 5.91 Å². The fraction of sp³-hybridized carbons (Fsp3) is 0.0741. The third-order valence-corrected chi connectivity index (χ3v) is 6.05. The Labute approximate surface area is 198 Å². The van der Waals surface area contributed by atoms with Crippen LogP contribution in [0.15, 0.2) is 94.2 Å². The van der Waals surface area contributed by atoms with Gasteiger partial charge in [0.25, 0.3) is 0 Å². The lowest BCUT2D eigenvalue weighted by atomic mass is 10.1. The van der Waals surface area contributed by atoms with E-state index in [1.165, 1.54) is 0 Å². The second-order valence-electron chi connectivity index (χ2n) is 7.92. The van der Waals surface area contributed by atoms with Crippen molar-refractivity contribution >= 4 is 49.5 Å². The van der Waals surface area contributed by atoms with E-state index >= 15 is 0 Å². The van der Waals surface area contributed by atoms with E-state index in [1.54, 1.807) is 12.1 Å². The second-order valence-corrected chi connectivity index (χ2v) is 8.84. The molecule has 0 spiro atoms. The van der Waals surface area contributed by atoms with Crippen molar-refractivity contribution in [3.05, 3.63) is 116 Å². The van der Waals surface area contributed by atoms with Crippen molar-refractivity contribution in [3.63, 3.8) is 0 Å². The van der Waals surface area contributed by atoms with Crippen LogP contribution in [-0.4, -0.2) is 15.9 Å². The van der Waals surface area contributed by atoms with Crippen LogP contribution < -0.4 is 10.7 Å². The molecule has 0 aliphatic carbocycles. The fourth-order valence-corrected chi connectivity index (χ4v) is 4.18. The van der Waals surface area contributed by atoms with E-state index in [0.29, 0.717) is 12.2 Å². The lowest BCUT2D eigenvalue weighted by Crippen LogP contribution is -2.17. The Hall–Kier alpha value is -3.77. The molecule has 0 aliphatic heterocycles. The van der Waals surface area contributed by atoms with Gasteiger partial charge >= 0.3 is 0 Å². The maximum atomic E-state index is 12.8. The summed E-state index contributed by atoms with van der Waals surface area (Å²) in [7, 11) is 0. The Morgan fingerprint density at radius 3 is 2.48 bits per heavy atom. The molecular weight excluding hydrogens is 478 g/mol. The summed E-state index contributed by atoms with van der Waals surface area (Å²) >= 11 is 3.42. The minimum Gasteiger partial charge on any atom is -0.353 e. The number of anilines is 1. The standard InChI is InChI=1S/C27H20BrN3O2/c28-20-9-6-18(7-10-20)15-25(33)31-27-24(14-17-4-2-1-3-5-17)29-26-22-12-11-21(32)16-19(22)8-13-23(26)30-27/h1-13,16,29H,14-15H2,(H,31,33). The molecule has 162 valence electrons. The number of nitrogens with zero attached hydrogens (tertiary/aromatic N) is 1. The summed E-state index contributed by atoms with van der Waals surface area (Å²) in [5.41, 5.74) is 4.35. The number of H-pyrrole nitrogens is 1. The van der Waals surface area contributed by atoms with Crippen LogP contribution in [0.3, 0.4) is 0 Å². The summed E-state index contributed by atoms with van der Waals surface area (Å²) in [4.78, 5) is 32.9. The van der Waals surface area contributed by atoms with E-state index in [-0.39, 0.29) is 17.8 Å². The minimum absolute atomic E-state index is 0.0313. The normalized spacial score (nSPS) is 11.1. The predicted octanol–water partition coefficient (Wildman–Crippen LogP) is 5.61. The number of halogens is 1. The van der Waals surface area contributed by atoms with Crippen molar-refractivity contribution in [3.8, 4) is 0 Å². The Bertz CT molecular complexity index is 1530. The summed E-state index contributed by atoms with van der Waals surface area (Å²) in [6.45, 7) is 0. The molecule has 1 heterocycles. The molecule has 0 fully saturated rings. The quantitative estimate of drug-likeness (QED) is 0.310. The van der Waals surface area contributed by atoms with Crippen molar-refractivity contribution in [1.29, 1.82) is 0 Å². The van der Waals surface area contributed by atoms with Crippen molar-refractivity contribution in [2.45, 2.75) is 12.8 Å². The van der Waals surface area contributed by atoms with Gasteiger partial charge in [-0.25, -0.2) is 4.98 Å². The number of carbonyl (C=O) groups excluding carboxylic acids is 1. The molecule has 5 nitrogen and oxygen atoms in total. The number of nitrogens with one attached hydrogen (secondary N) is 2. The number of hydrogen-bond acceptors (Lipinski definition) is 3.